The minimum absolute atomic E-state index is 0.0697. The summed E-state index contributed by atoms with van der Waals surface area (Å²) in [7, 11) is 0. The second kappa shape index (κ2) is 6.59. The summed E-state index contributed by atoms with van der Waals surface area (Å²) in [6.45, 7) is 0.420. The number of nitrogens with one attached hydrogen (secondary N) is 2. The molecule has 0 saturated carbocycles. The molecule has 6 nitrogen and oxygen atoms in total. The average molecular weight is 352 g/mol. The lowest BCUT2D eigenvalue weighted by atomic mass is 10.1. The summed E-state index contributed by atoms with van der Waals surface area (Å²) in [5, 5.41) is 2.80. The topological polar surface area (TPSA) is 78.1 Å². The van der Waals surface area contributed by atoms with Crippen molar-refractivity contribution in [1.82, 2.24) is 15.3 Å². The van der Waals surface area contributed by atoms with E-state index in [4.69, 9.17) is 0 Å². The van der Waals surface area contributed by atoms with Crippen LogP contribution in [0.15, 0.2) is 48.5 Å². The Kier molecular flexibility index (Phi) is 4.12. The summed E-state index contributed by atoms with van der Waals surface area (Å²) in [5.41, 5.74) is 1.95. The van der Waals surface area contributed by atoms with Crippen molar-refractivity contribution in [3.8, 4) is 0 Å². The fraction of sp³-hybridized carbons (Fsp3) is 0.211. The van der Waals surface area contributed by atoms with E-state index in [0.29, 0.717) is 5.82 Å². The van der Waals surface area contributed by atoms with Crippen LogP contribution < -0.4 is 10.2 Å². The summed E-state index contributed by atoms with van der Waals surface area (Å²) in [4.78, 5) is 33.5. The molecule has 2 amide bonds. The van der Waals surface area contributed by atoms with Crippen molar-refractivity contribution in [2.75, 3.05) is 11.4 Å². The van der Waals surface area contributed by atoms with Crippen LogP contribution in [-0.4, -0.2) is 28.3 Å². The number of carbonyl (C=O) groups excluding carboxylic acids is 2. The number of hydrogen-bond donors (Lipinski definition) is 2. The fourth-order valence-electron chi connectivity index (χ4n) is 3.19. The number of imidazole rings is 1. The lowest BCUT2D eigenvalue weighted by Crippen LogP contribution is -2.33. The fourth-order valence-corrected chi connectivity index (χ4v) is 3.19. The maximum atomic E-state index is 13.9. The Bertz CT molecular complexity index is 951. The van der Waals surface area contributed by atoms with Gasteiger partial charge in [-0.3, -0.25) is 9.59 Å². The molecule has 1 aliphatic rings. The first-order valence-electron chi connectivity index (χ1n) is 8.38. The summed E-state index contributed by atoms with van der Waals surface area (Å²) in [5.74, 6) is -0.817. The number of anilines is 1. The van der Waals surface area contributed by atoms with E-state index in [1.807, 2.05) is 24.3 Å². The van der Waals surface area contributed by atoms with E-state index in [1.165, 1.54) is 11.0 Å². The first-order chi connectivity index (χ1) is 12.6. The van der Waals surface area contributed by atoms with Crippen LogP contribution in [-0.2, 0) is 16.1 Å². The van der Waals surface area contributed by atoms with Crippen molar-refractivity contribution in [3.05, 3.63) is 60.2 Å². The third kappa shape index (κ3) is 3.03. The highest BCUT2D eigenvalue weighted by molar-refractivity contribution is 6.00. The van der Waals surface area contributed by atoms with Gasteiger partial charge >= 0.3 is 0 Å². The average Bonchev–Trinajstić information content (AvgIpc) is 3.23. The smallest absolute Gasteiger partial charge is 0.227 e. The number of halogens is 1. The molecule has 1 atom stereocenters. The van der Waals surface area contributed by atoms with E-state index in [1.54, 1.807) is 18.2 Å². The molecule has 3 aromatic rings. The monoisotopic (exact) mass is 352 g/mol. The lowest BCUT2D eigenvalue weighted by molar-refractivity contribution is -0.126. The standard InChI is InChI=1S/C19H17FN4O2/c20-13-5-1-4-8-16(13)24-11-12(9-18(24)25)19(26)21-10-17-22-14-6-2-3-7-15(14)23-17/h1-8,12H,9-11H2,(H,21,26)(H,22,23). The van der Waals surface area contributed by atoms with Crippen molar-refractivity contribution in [2.24, 2.45) is 5.92 Å². The normalized spacial score (nSPS) is 17.0. The zero-order valence-electron chi connectivity index (χ0n) is 13.9. The molecule has 2 N–H and O–H groups in total. The van der Waals surface area contributed by atoms with Gasteiger partial charge in [0, 0.05) is 13.0 Å². The summed E-state index contributed by atoms with van der Waals surface area (Å²) in [6.07, 6.45) is 0.0697. The van der Waals surface area contributed by atoms with Crippen molar-refractivity contribution >= 4 is 28.5 Å². The predicted molar refractivity (Wildman–Crippen MR) is 94.8 cm³/mol. The molecule has 0 aliphatic carbocycles. The van der Waals surface area contributed by atoms with Crippen LogP contribution in [0, 0.1) is 11.7 Å². The van der Waals surface area contributed by atoms with Crippen molar-refractivity contribution in [1.29, 1.82) is 0 Å². The number of nitrogens with zero attached hydrogens (tertiary/aromatic N) is 2. The van der Waals surface area contributed by atoms with E-state index in [9.17, 15) is 14.0 Å². The van der Waals surface area contributed by atoms with Gasteiger partial charge in [-0.15, -0.1) is 0 Å². The molecule has 1 aliphatic heterocycles. The van der Waals surface area contributed by atoms with Gasteiger partial charge in [0.1, 0.15) is 11.6 Å². The van der Waals surface area contributed by atoms with Gasteiger partial charge in [0.05, 0.1) is 29.2 Å². The van der Waals surface area contributed by atoms with Gasteiger partial charge in [-0.05, 0) is 24.3 Å². The largest absolute Gasteiger partial charge is 0.349 e. The molecule has 1 aromatic heterocycles. The highest BCUT2D eigenvalue weighted by atomic mass is 19.1. The number of amides is 2. The molecule has 4 rings (SSSR count). The Morgan fingerprint density at radius 2 is 2.00 bits per heavy atom. The molecule has 0 spiro atoms. The van der Waals surface area contributed by atoms with Gasteiger partial charge in [0.25, 0.3) is 0 Å². The maximum Gasteiger partial charge on any atom is 0.227 e. The molecule has 7 heteroatoms. The van der Waals surface area contributed by atoms with Gasteiger partial charge < -0.3 is 15.2 Å². The van der Waals surface area contributed by atoms with Gasteiger partial charge in [-0.2, -0.15) is 0 Å². The van der Waals surface area contributed by atoms with Crippen LogP contribution in [0.5, 0.6) is 0 Å². The quantitative estimate of drug-likeness (QED) is 0.757. The number of carbonyl (C=O) groups is 2. The van der Waals surface area contributed by atoms with Crippen molar-refractivity contribution < 1.29 is 14.0 Å². The Morgan fingerprint density at radius 3 is 2.81 bits per heavy atom. The van der Waals surface area contributed by atoms with Gasteiger partial charge in [0.15, 0.2) is 0 Å². The van der Waals surface area contributed by atoms with Crippen LogP contribution in [0.2, 0.25) is 0 Å². The van der Waals surface area contributed by atoms with E-state index in [2.05, 4.69) is 15.3 Å². The molecule has 0 bridgehead atoms. The third-order valence-corrected chi connectivity index (χ3v) is 4.51. The highest BCUT2D eigenvalue weighted by Crippen LogP contribution is 2.27. The molecule has 2 heterocycles. The Balaban J connectivity index is 1.41. The number of aromatic nitrogens is 2. The lowest BCUT2D eigenvalue weighted by Gasteiger charge is -2.17. The second-order valence-electron chi connectivity index (χ2n) is 6.28. The minimum Gasteiger partial charge on any atom is -0.349 e. The second-order valence-corrected chi connectivity index (χ2v) is 6.28. The van der Waals surface area contributed by atoms with Crippen molar-refractivity contribution in [2.45, 2.75) is 13.0 Å². The first-order valence-corrected chi connectivity index (χ1v) is 8.38. The predicted octanol–water partition coefficient (Wildman–Crippen LogP) is 2.37. The molecule has 132 valence electrons. The molecule has 1 unspecified atom stereocenters. The van der Waals surface area contributed by atoms with Crippen LogP contribution >= 0.6 is 0 Å². The zero-order chi connectivity index (χ0) is 18.1. The van der Waals surface area contributed by atoms with E-state index >= 15 is 0 Å². The number of rotatable bonds is 4. The Hall–Kier alpha value is -3.22. The molecular formula is C19H17FN4O2. The number of benzene rings is 2. The molecule has 1 saturated heterocycles. The number of para-hydroxylation sites is 3. The van der Waals surface area contributed by atoms with Crippen LogP contribution in [0.3, 0.4) is 0 Å². The molecular weight excluding hydrogens is 335 g/mol. The SMILES string of the molecule is O=C(NCc1nc2ccccc2[nH]1)C1CC(=O)N(c2ccccc2F)C1. The molecule has 26 heavy (non-hydrogen) atoms. The van der Waals surface area contributed by atoms with Crippen molar-refractivity contribution in [3.63, 3.8) is 0 Å². The number of aromatic amines is 1. The molecule has 0 radical (unpaired) electrons. The van der Waals surface area contributed by atoms with E-state index in [0.717, 1.165) is 11.0 Å². The highest BCUT2D eigenvalue weighted by Gasteiger charge is 2.36. The maximum absolute atomic E-state index is 13.9. The molecule has 1 fully saturated rings. The zero-order valence-corrected chi connectivity index (χ0v) is 13.9. The van der Waals surface area contributed by atoms with Gasteiger partial charge in [-0.1, -0.05) is 24.3 Å². The van der Waals surface area contributed by atoms with Crippen LogP contribution in [0.4, 0.5) is 10.1 Å². The number of H-pyrrole nitrogens is 1. The summed E-state index contributed by atoms with van der Waals surface area (Å²) < 4.78 is 13.9. The van der Waals surface area contributed by atoms with E-state index in [-0.39, 0.29) is 37.0 Å². The van der Waals surface area contributed by atoms with E-state index < -0.39 is 11.7 Å². The molecule has 2 aromatic carbocycles. The number of fused-ring (bicyclic) bond motifs is 1. The van der Waals surface area contributed by atoms with Crippen LogP contribution in [0.1, 0.15) is 12.2 Å². The van der Waals surface area contributed by atoms with Gasteiger partial charge in [-0.25, -0.2) is 9.37 Å². The summed E-state index contributed by atoms with van der Waals surface area (Å²) in [6, 6.07) is 13.7. The Morgan fingerprint density at radius 1 is 1.23 bits per heavy atom. The van der Waals surface area contributed by atoms with Gasteiger partial charge in [0.2, 0.25) is 11.8 Å². The number of hydrogen-bond acceptors (Lipinski definition) is 3. The minimum atomic E-state index is -0.508. The third-order valence-electron chi connectivity index (χ3n) is 4.51. The first kappa shape index (κ1) is 16.3. The van der Waals surface area contributed by atoms with Crippen LogP contribution in [0.25, 0.3) is 11.0 Å². The Labute approximate surface area is 149 Å². The summed E-state index contributed by atoms with van der Waals surface area (Å²) >= 11 is 0.